The summed E-state index contributed by atoms with van der Waals surface area (Å²) in [5.74, 6) is -0.164. The Bertz CT molecular complexity index is 352. The van der Waals surface area contributed by atoms with Gasteiger partial charge >= 0.3 is 0 Å². The molecule has 0 aromatic rings. The van der Waals surface area contributed by atoms with Gasteiger partial charge in [-0.15, -0.1) is 0 Å². The molecule has 0 radical (unpaired) electrons. The van der Waals surface area contributed by atoms with Gasteiger partial charge in [0.1, 0.15) is 0 Å². The van der Waals surface area contributed by atoms with Gasteiger partial charge in [-0.05, 0) is 19.3 Å². The predicted molar refractivity (Wildman–Crippen MR) is 67.5 cm³/mol. The number of allylic oxidation sites excluding steroid dienone is 1. The van der Waals surface area contributed by atoms with Crippen LogP contribution >= 0.6 is 11.6 Å². The molecule has 1 saturated heterocycles. The molecule has 1 heterocycles. The van der Waals surface area contributed by atoms with E-state index in [1.54, 1.807) is 0 Å². The van der Waals surface area contributed by atoms with Crippen molar-refractivity contribution in [2.45, 2.75) is 26.7 Å². The maximum absolute atomic E-state index is 11.9. The van der Waals surface area contributed by atoms with Crippen LogP contribution in [0.15, 0.2) is 10.6 Å². The smallest absolute Gasteiger partial charge is 0.224 e. The molecule has 5 heteroatoms. The molecule has 4 nitrogen and oxygen atoms in total. The molecule has 0 aromatic carbocycles. The summed E-state index contributed by atoms with van der Waals surface area (Å²) in [5.41, 5.74) is 6.42. The van der Waals surface area contributed by atoms with Crippen LogP contribution in [0.4, 0.5) is 0 Å². The minimum atomic E-state index is -0.193. The minimum Gasteiger partial charge on any atom is -0.349 e. The second-order valence-corrected chi connectivity index (χ2v) is 4.94. The zero-order valence-electron chi connectivity index (χ0n) is 10.3. The Morgan fingerprint density at radius 2 is 2.24 bits per heavy atom. The Balaban J connectivity index is 2.83. The highest BCUT2D eigenvalue weighted by Gasteiger charge is 2.29. The van der Waals surface area contributed by atoms with Crippen molar-refractivity contribution >= 4 is 23.3 Å². The van der Waals surface area contributed by atoms with E-state index in [1.165, 1.54) is 0 Å². The van der Waals surface area contributed by atoms with Crippen LogP contribution in [-0.4, -0.2) is 24.8 Å². The molecule has 1 amide bonds. The standard InChI is InChI=1S/C12H19ClN2O2/c1-7(8(2)11(13)5-14)10-4-3-9(16)6-15-12(10)17/h7,10H,3-6,14H2,1-2H3,(H,15,17)/b11-8+. The first-order chi connectivity index (χ1) is 7.97. The monoisotopic (exact) mass is 258 g/mol. The van der Waals surface area contributed by atoms with E-state index in [4.69, 9.17) is 17.3 Å². The highest BCUT2D eigenvalue weighted by atomic mass is 35.5. The molecule has 0 aromatic heterocycles. The summed E-state index contributed by atoms with van der Waals surface area (Å²) in [6, 6.07) is 0. The zero-order valence-corrected chi connectivity index (χ0v) is 11.0. The fourth-order valence-electron chi connectivity index (χ4n) is 2.04. The van der Waals surface area contributed by atoms with Crippen molar-refractivity contribution in [2.75, 3.05) is 13.1 Å². The van der Waals surface area contributed by atoms with Gasteiger partial charge < -0.3 is 11.1 Å². The van der Waals surface area contributed by atoms with Gasteiger partial charge in [-0.3, -0.25) is 9.59 Å². The molecule has 2 unspecified atom stereocenters. The van der Waals surface area contributed by atoms with Crippen molar-refractivity contribution in [1.29, 1.82) is 0 Å². The van der Waals surface area contributed by atoms with Crippen LogP contribution in [0.2, 0.25) is 0 Å². The van der Waals surface area contributed by atoms with Gasteiger partial charge in [-0.2, -0.15) is 0 Å². The Labute approximate surface area is 107 Å². The number of hydrogen-bond donors (Lipinski definition) is 2. The number of amides is 1. The van der Waals surface area contributed by atoms with Gasteiger partial charge in [-0.25, -0.2) is 0 Å². The van der Waals surface area contributed by atoms with Crippen LogP contribution < -0.4 is 11.1 Å². The van der Waals surface area contributed by atoms with Crippen molar-refractivity contribution in [1.82, 2.24) is 5.32 Å². The normalized spacial score (nSPS) is 24.8. The zero-order chi connectivity index (χ0) is 13.0. The number of nitrogens with two attached hydrogens (primary N) is 1. The number of carbonyl (C=O) groups is 2. The molecular weight excluding hydrogens is 240 g/mol. The average Bonchev–Trinajstić information content (AvgIpc) is 2.49. The molecule has 3 N–H and O–H groups in total. The highest BCUT2D eigenvalue weighted by molar-refractivity contribution is 6.30. The van der Waals surface area contributed by atoms with Crippen molar-refractivity contribution < 1.29 is 9.59 Å². The van der Waals surface area contributed by atoms with E-state index in [0.29, 0.717) is 17.9 Å². The summed E-state index contributed by atoms with van der Waals surface area (Å²) in [5, 5.41) is 3.25. The summed E-state index contributed by atoms with van der Waals surface area (Å²) in [6.07, 6.45) is 1.03. The van der Waals surface area contributed by atoms with Crippen LogP contribution in [0.1, 0.15) is 26.7 Å². The second-order valence-electron chi connectivity index (χ2n) is 4.48. The number of carbonyl (C=O) groups excluding carboxylic acids is 2. The van der Waals surface area contributed by atoms with Gasteiger partial charge in [0.15, 0.2) is 5.78 Å². The Hall–Kier alpha value is -0.870. The third-order valence-corrected chi connectivity index (χ3v) is 3.88. The van der Waals surface area contributed by atoms with E-state index in [2.05, 4.69) is 5.32 Å². The van der Waals surface area contributed by atoms with Crippen molar-refractivity contribution in [3.8, 4) is 0 Å². The Kier molecular flexibility index (Phi) is 5.15. The van der Waals surface area contributed by atoms with E-state index in [0.717, 1.165) is 5.57 Å². The lowest BCUT2D eigenvalue weighted by molar-refractivity contribution is -0.126. The van der Waals surface area contributed by atoms with Crippen molar-refractivity contribution in [3.63, 3.8) is 0 Å². The lowest BCUT2D eigenvalue weighted by Crippen LogP contribution is -2.34. The topological polar surface area (TPSA) is 72.2 Å². The number of halogens is 1. The predicted octanol–water partition coefficient (Wildman–Crippen LogP) is 1.19. The van der Waals surface area contributed by atoms with E-state index >= 15 is 0 Å². The van der Waals surface area contributed by atoms with Crippen LogP contribution in [0.25, 0.3) is 0 Å². The number of rotatable bonds is 3. The van der Waals surface area contributed by atoms with E-state index in [-0.39, 0.29) is 36.6 Å². The largest absolute Gasteiger partial charge is 0.349 e. The molecular formula is C12H19ClN2O2. The summed E-state index contributed by atoms with van der Waals surface area (Å²) in [7, 11) is 0. The first-order valence-electron chi connectivity index (χ1n) is 5.82. The molecule has 0 aliphatic carbocycles. The van der Waals surface area contributed by atoms with Gasteiger partial charge in [0.2, 0.25) is 5.91 Å². The molecule has 17 heavy (non-hydrogen) atoms. The Morgan fingerprint density at radius 1 is 1.59 bits per heavy atom. The minimum absolute atomic E-state index is 0.0111. The first kappa shape index (κ1) is 14.2. The molecule has 1 rings (SSSR count). The second kappa shape index (κ2) is 6.17. The van der Waals surface area contributed by atoms with Crippen molar-refractivity contribution in [2.24, 2.45) is 17.6 Å². The highest BCUT2D eigenvalue weighted by Crippen LogP contribution is 2.28. The summed E-state index contributed by atoms with van der Waals surface area (Å²) < 4.78 is 0. The summed E-state index contributed by atoms with van der Waals surface area (Å²) in [6.45, 7) is 4.27. The van der Waals surface area contributed by atoms with Gasteiger partial charge in [0.05, 0.1) is 6.54 Å². The molecule has 0 saturated carbocycles. The number of hydrogen-bond acceptors (Lipinski definition) is 3. The Morgan fingerprint density at radius 3 is 2.82 bits per heavy atom. The number of nitrogens with one attached hydrogen (secondary N) is 1. The molecule has 1 aliphatic rings. The maximum Gasteiger partial charge on any atom is 0.224 e. The third-order valence-electron chi connectivity index (χ3n) is 3.42. The number of ketones is 1. The average molecular weight is 259 g/mol. The van der Waals surface area contributed by atoms with E-state index in [9.17, 15) is 9.59 Å². The SMILES string of the molecule is C/C(=C(\Cl)CN)C(C)C1CCC(=O)CNC1=O. The number of Topliss-reactive ketones (excluding diaryl/α,β-unsaturated/α-hetero) is 1. The van der Waals surface area contributed by atoms with E-state index in [1.807, 2.05) is 13.8 Å². The molecule has 96 valence electrons. The van der Waals surface area contributed by atoms with Crippen LogP contribution in [0.5, 0.6) is 0 Å². The van der Waals surface area contributed by atoms with Gasteiger partial charge in [-0.1, -0.05) is 24.1 Å². The van der Waals surface area contributed by atoms with Crippen LogP contribution in [0, 0.1) is 11.8 Å². The fourth-order valence-corrected chi connectivity index (χ4v) is 2.21. The van der Waals surface area contributed by atoms with Crippen LogP contribution in [-0.2, 0) is 9.59 Å². The quantitative estimate of drug-likeness (QED) is 0.799. The van der Waals surface area contributed by atoms with Gasteiger partial charge in [0.25, 0.3) is 0 Å². The first-order valence-corrected chi connectivity index (χ1v) is 6.19. The molecule has 0 bridgehead atoms. The lowest BCUT2D eigenvalue weighted by atomic mass is 9.84. The molecule has 2 atom stereocenters. The maximum atomic E-state index is 11.9. The van der Waals surface area contributed by atoms with Crippen LogP contribution in [0.3, 0.4) is 0 Å². The molecule has 0 spiro atoms. The van der Waals surface area contributed by atoms with Crippen molar-refractivity contribution in [3.05, 3.63) is 10.6 Å². The van der Waals surface area contributed by atoms with Gasteiger partial charge in [0, 0.05) is 23.9 Å². The van der Waals surface area contributed by atoms with E-state index < -0.39 is 0 Å². The fraction of sp³-hybridized carbons (Fsp3) is 0.667. The third kappa shape index (κ3) is 3.54. The summed E-state index contributed by atoms with van der Waals surface area (Å²) >= 11 is 6.00. The summed E-state index contributed by atoms with van der Waals surface area (Å²) in [4.78, 5) is 23.1. The molecule has 1 fully saturated rings. The molecule has 1 aliphatic heterocycles. The lowest BCUT2D eigenvalue weighted by Gasteiger charge is -2.22.